The van der Waals surface area contributed by atoms with E-state index in [0.717, 1.165) is 0 Å². The van der Waals surface area contributed by atoms with Gasteiger partial charge in [-0.25, -0.2) is 13.4 Å². The summed E-state index contributed by atoms with van der Waals surface area (Å²) in [5.41, 5.74) is 0.651. The van der Waals surface area contributed by atoms with E-state index in [2.05, 4.69) is 25.6 Å². The van der Waals surface area contributed by atoms with E-state index in [9.17, 15) is 8.42 Å². The van der Waals surface area contributed by atoms with Gasteiger partial charge in [0, 0.05) is 6.20 Å². The zero-order chi connectivity index (χ0) is 13.9. The highest BCUT2D eigenvalue weighted by atomic mass is 79.9. The van der Waals surface area contributed by atoms with Crippen LogP contribution in [0.15, 0.2) is 52.0 Å². The van der Waals surface area contributed by atoms with E-state index in [1.165, 1.54) is 18.3 Å². The van der Waals surface area contributed by atoms with E-state index in [-0.39, 0.29) is 17.3 Å². The second-order valence-corrected chi connectivity index (χ2v) is 6.28. The van der Waals surface area contributed by atoms with Gasteiger partial charge in [0.25, 0.3) is 10.0 Å². The molecule has 7 heteroatoms. The molecule has 0 fully saturated rings. The third-order valence-electron chi connectivity index (χ3n) is 2.41. The lowest BCUT2D eigenvalue weighted by molar-refractivity contribution is 0.282. The number of nitrogens with one attached hydrogen (secondary N) is 1. The van der Waals surface area contributed by atoms with Crippen molar-refractivity contribution in [3.63, 3.8) is 0 Å². The molecule has 1 heterocycles. The molecule has 0 unspecified atom stereocenters. The van der Waals surface area contributed by atoms with E-state index in [0.29, 0.717) is 10.0 Å². The molecular weight excluding hydrogens is 332 g/mol. The number of aliphatic hydroxyl groups is 1. The smallest absolute Gasteiger partial charge is 0.263 e. The lowest BCUT2D eigenvalue weighted by Crippen LogP contribution is -2.14. The Hall–Kier alpha value is -1.44. The van der Waals surface area contributed by atoms with Crippen LogP contribution in [0.1, 0.15) is 5.56 Å². The predicted octanol–water partition coefficient (Wildman–Crippen LogP) is 2.14. The monoisotopic (exact) mass is 342 g/mol. The minimum absolute atomic E-state index is 0.113. The first kappa shape index (κ1) is 14.0. The fourth-order valence-electron chi connectivity index (χ4n) is 1.42. The number of aromatic nitrogens is 1. The molecule has 0 aliphatic rings. The standard InChI is InChI=1S/C12H11BrN2O3S/c13-11-2-1-7-14-12(11)15-19(17,18)10-5-3-9(8-16)4-6-10/h1-7,16H,8H2,(H,14,15). The zero-order valence-corrected chi connectivity index (χ0v) is 12.1. The Morgan fingerprint density at radius 3 is 2.47 bits per heavy atom. The fraction of sp³-hybridized carbons (Fsp3) is 0.0833. The molecule has 0 radical (unpaired) electrons. The van der Waals surface area contributed by atoms with Gasteiger partial charge in [0.15, 0.2) is 5.82 Å². The molecule has 0 atom stereocenters. The van der Waals surface area contributed by atoms with Gasteiger partial charge in [0.1, 0.15) is 0 Å². The summed E-state index contributed by atoms with van der Waals surface area (Å²) in [6, 6.07) is 9.37. The normalized spacial score (nSPS) is 11.3. The Kier molecular flexibility index (Phi) is 4.18. The average molecular weight is 343 g/mol. The van der Waals surface area contributed by atoms with E-state index in [4.69, 9.17) is 5.11 Å². The minimum atomic E-state index is -3.68. The minimum Gasteiger partial charge on any atom is -0.392 e. The van der Waals surface area contributed by atoms with Gasteiger partial charge < -0.3 is 5.11 Å². The molecule has 1 aromatic carbocycles. The fourth-order valence-corrected chi connectivity index (χ4v) is 2.94. The van der Waals surface area contributed by atoms with Crippen LogP contribution < -0.4 is 4.72 Å². The van der Waals surface area contributed by atoms with E-state index in [1.54, 1.807) is 24.3 Å². The van der Waals surface area contributed by atoms with Crippen molar-refractivity contribution in [2.45, 2.75) is 11.5 Å². The maximum Gasteiger partial charge on any atom is 0.263 e. The van der Waals surface area contributed by atoms with Gasteiger partial charge in [-0.05, 0) is 45.8 Å². The summed E-state index contributed by atoms with van der Waals surface area (Å²) in [6.45, 7) is -0.125. The summed E-state index contributed by atoms with van der Waals surface area (Å²) in [5, 5.41) is 8.92. The average Bonchev–Trinajstić information content (AvgIpc) is 2.41. The van der Waals surface area contributed by atoms with E-state index in [1.807, 2.05) is 0 Å². The first-order valence-electron chi connectivity index (χ1n) is 5.36. The Balaban J connectivity index is 2.30. The number of aliphatic hydroxyl groups excluding tert-OH is 1. The Morgan fingerprint density at radius 1 is 1.21 bits per heavy atom. The summed E-state index contributed by atoms with van der Waals surface area (Å²) in [4.78, 5) is 4.06. The van der Waals surface area contributed by atoms with Crippen LogP contribution in [-0.4, -0.2) is 18.5 Å². The lowest BCUT2D eigenvalue weighted by atomic mass is 10.2. The first-order chi connectivity index (χ1) is 9.03. The van der Waals surface area contributed by atoms with Crippen LogP contribution >= 0.6 is 15.9 Å². The molecule has 2 aromatic rings. The summed E-state index contributed by atoms with van der Waals surface area (Å²) >= 11 is 3.22. The summed E-state index contributed by atoms with van der Waals surface area (Å²) in [5.74, 6) is 0.230. The van der Waals surface area contributed by atoms with Crippen molar-refractivity contribution >= 4 is 31.8 Å². The maximum absolute atomic E-state index is 12.1. The maximum atomic E-state index is 12.1. The van der Waals surface area contributed by atoms with Gasteiger partial charge in [-0.15, -0.1) is 0 Å². The van der Waals surface area contributed by atoms with Gasteiger partial charge in [0.2, 0.25) is 0 Å². The highest BCUT2D eigenvalue weighted by Crippen LogP contribution is 2.22. The van der Waals surface area contributed by atoms with Crippen LogP contribution in [0.3, 0.4) is 0 Å². The number of sulfonamides is 1. The van der Waals surface area contributed by atoms with Crippen molar-refractivity contribution in [1.29, 1.82) is 0 Å². The van der Waals surface area contributed by atoms with Gasteiger partial charge in [0.05, 0.1) is 16.0 Å². The first-order valence-corrected chi connectivity index (χ1v) is 7.64. The van der Waals surface area contributed by atoms with Crippen LogP contribution in [0.5, 0.6) is 0 Å². The van der Waals surface area contributed by atoms with Crippen LogP contribution in [0.2, 0.25) is 0 Å². The van der Waals surface area contributed by atoms with Crippen LogP contribution in [-0.2, 0) is 16.6 Å². The van der Waals surface area contributed by atoms with Gasteiger partial charge >= 0.3 is 0 Å². The van der Waals surface area contributed by atoms with Crippen molar-refractivity contribution in [3.8, 4) is 0 Å². The van der Waals surface area contributed by atoms with E-state index < -0.39 is 10.0 Å². The molecule has 1 aromatic heterocycles. The van der Waals surface area contributed by atoms with Crippen LogP contribution in [0, 0.1) is 0 Å². The van der Waals surface area contributed by atoms with E-state index >= 15 is 0 Å². The van der Waals surface area contributed by atoms with Crippen molar-refractivity contribution in [1.82, 2.24) is 4.98 Å². The molecule has 0 saturated heterocycles. The highest BCUT2D eigenvalue weighted by Gasteiger charge is 2.15. The number of hydrogen-bond acceptors (Lipinski definition) is 4. The molecule has 5 nitrogen and oxygen atoms in total. The summed E-state index contributed by atoms with van der Waals surface area (Å²) < 4.78 is 27.2. The Morgan fingerprint density at radius 2 is 1.89 bits per heavy atom. The molecular formula is C12H11BrN2O3S. The van der Waals surface area contributed by atoms with Gasteiger partial charge in [-0.3, -0.25) is 4.72 Å². The number of hydrogen-bond donors (Lipinski definition) is 2. The van der Waals surface area contributed by atoms with Crippen molar-refractivity contribution in [3.05, 3.63) is 52.6 Å². The molecule has 19 heavy (non-hydrogen) atoms. The molecule has 2 N–H and O–H groups in total. The topological polar surface area (TPSA) is 79.3 Å². The molecule has 2 rings (SSSR count). The number of benzene rings is 1. The predicted molar refractivity (Wildman–Crippen MR) is 75.1 cm³/mol. The lowest BCUT2D eigenvalue weighted by Gasteiger charge is -2.08. The Bertz CT molecular complexity index is 672. The number of rotatable bonds is 4. The second kappa shape index (κ2) is 5.68. The SMILES string of the molecule is O=S(=O)(Nc1ncccc1Br)c1ccc(CO)cc1. The quantitative estimate of drug-likeness (QED) is 0.891. The van der Waals surface area contributed by atoms with Crippen LogP contribution in [0.25, 0.3) is 0 Å². The van der Waals surface area contributed by atoms with Crippen molar-refractivity contribution in [2.24, 2.45) is 0 Å². The van der Waals surface area contributed by atoms with Gasteiger partial charge in [-0.1, -0.05) is 12.1 Å². The number of anilines is 1. The molecule has 0 bridgehead atoms. The molecule has 0 aliphatic carbocycles. The highest BCUT2D eigenvalue weighted by molar-refractivity contribution is 9.10. The largest absolute Gasteiger partial charge is 0.392 e. The molecule has 0 saturated carbocycles. The van der Waals surface area contributed by atoms with Crippen LogP contribution in [0.4, 0.5) is 5.82 Å². The summed E-state index contributed by atoms with van der Waals surface area (Å²) in [6.07, 6.45) is 1.50. The van der Waals surface area contributed by atoms with Crippen molar-refractivity contribution < 1.29 is 13.5 Å². The zero-order valence-electron chi connectivity index (χ0n) is 9.75. The molecule has 0 spiro atoms. The molecule has 100 valence electrons. The third kappa shape index (κ3) is 3.31. The number of nitrogens with zero attached hydrogens (tertiary/aromatic N) is 1. The Labute approximate surface area is 119 Å². The molecule has 0 amide bonds. The van der Waals surface area contributed by atoms with Crippen molar-refractivity contribution in [2.75, 3.05) is 4.72 Å². The second-order valence-electron chi connectivity index (χ2n) is 3.74. The van der Waals surface area contributed by atoms with Gasteiger partial charge in [-0.2, -0.15) is 0 Å². The third-order valence-corrected chi connectivity index (χ3v) is 4.40. The summed E-state index contributed by atoms with van der Waals surface area (Å²) in [7, 11) is -3.68. The number of halogens is 1. The molecule has 0 aliphatic heterocycles. The number of pyridine rings is 1.